The van der Waals surface area contributed by atoms with Crippen LogP contribution in [-0.4, -0.2) is 132 Å². The van der Waals surface area contributed by atoms with Crippen LogP contribution in [0.15, 0.2) is 30.3 Å². The summed E-state index contributed by atoms with van der Waals surface area (Å²) in [5.74, 6) is -5.08. The predicted octanol–water partition coefficient (Wildman–Crippen LogP) is -3.83. The number of benzene rings is 1. The molecular formula is C29H44N6O13. The van der Waals surface area contributed by atoms with E-state index in [4.69, 9.17) is 25.1 Å². The van der Waals surface area contributed by atoms with E-state index in [-0.39, 0.29) is 13.0 Å². The summed E-state index contributed by atoms with van der Waals surface area (Å²) in [6, 6.07) is 3.24. The van der Waals surface area contributed by atoms with E-state index in [9.17, 15) is 44.1 Å². The molecule has 0 spiro atoms. The van der Waals surface area contributed by atoms with Crippen molar-refractivity contribution in [3.05, 3.63) is 35.9 Å². The van der Waals surface area contributed by atoms with Crippen molar-refractivity contribution in [2.75, 3.05) is 26.8 Å². The van der Waals surface area contributed by atoms with Crippen LogP contribution >= 0.6 is 0 Å². The van der Waals surface area contributed by atoms with Crippen molar-refractivity contribution in [1.82, 2.24) is 26.6 Å². The lowest BCUT2D eigenvalue weighted by Gasteiger charge is -2.41. The normalized spacial score (nSPS) is 22.2. The van der Waals surface area contributed by atoms with Crippen molar-refractivity contribution in [3.63, 3.8) is 0 Å². The fraction of sp³-hybridized carbons (Fsp3) is 0.586. The van der Waals surface area contributed by atoms with Crippen LogP contribution in [0.4, 0.5) is 4.79 Å². The molecule has 1 aliphatic heterocycles. The first-order chi connectivity index (χ1) is 22.8. The molecule has 268 valence electrons. The third-order valence-corrected chi connectivity index (χ3v) is 7.15. The number of nitrogens with two attached hydrogens (primary N) is 1. The van der Waals surface area contributed by atoms with Gasteiger partial charge in [-0.25, -0.2) is 4.79 Å². The molecule has 2 rings (SSSR count). The van der Waals surface area contributed by atoms with E-state index in [1.807, 2.05) is 0 Å². The summed E-state index contributed by atoms with van der Waals surface area (Å²) in [6.07, 6.45) is -6.82. The van der Waals surface area contributed by atoms with Crippen molar-refractivity contribution in [1.29, 1.82) is 0 Å². The first-order valence-electron chi connectivity index (χ1n) is 15.1. The van der Waals surface area contributed by atoms with Gasteiger partial charge < -0.3 is 67.0 Å². The maximum Gasteiger partial charge on any atom is 0.407 e. The van der Waals surface area contributed by atoms with Crippen LogP contribution in [-0.2, 0) is 44.8 Å². The highest BCUT2D eigenvalue weighted by Crippen LogP contribution is 2.22. The van der Waals surface area contributed by atoms with Gasteiger partial charge in [-0.1, -0.05) is 30.3 Å². The lowest BCUT2D eigenvalue weighted by molar-refractivity contribution is -0.251. The SMILES string of the molecule is CO[C@@H]1O[C@H](C(=O)N[C@@H](C)C(=O)N[C@@H](CO)C(=O)N[C@@H](CCCCN)C(=O)NCC(=O)O)[C@@H](O)[C@H](O)[C@H]1NC(=O)OCc1ccccc1. The van der Waals surface area contributed by atoms with Gasteiger partial charge in [0, 0.05) is 7.11 Å². The highest BCUT2D eigenvalue weighted by molar-refractivity contribution is 5.95. The van der Waals surface area contributed by atoms with Crippen LogP contribution in [0.25, 0.3) is 0 Å². The molecule has 5 amide bonds. The fourth-order valence-electron chi connectivity index (χ4n) is 4.51. The van der Waals surface area contributed by atoms with E-state index >= 15 is 0 Å². The zero-order valence-electron chi connectivity index (χ0n) is 26.5. The third kappa shape index (κ3) is 12.3. The molecule has 48 heavy (non-hydrogen) atoms. The second-order valence-electron chi connectivity index (χ2n) is 10.8. The highest BCUT2D eigenvalue weighted by Gasteiger charge is 2.49. The van der Waals surface area contributed by atoms with Crippen LogP contribution in [0.2, 0.25) is 0 Å². The van der Waals surface area contributed by atoms with Gasteiger partial charge in [0.15, 0.2) is 12.4 Å². The Kier molecular flexibility index (Phi) is 16.6. The number of carboxylic acid groups (broad SMARTS) is 1. The molecule has 1 aromatic rings. The van der Waals surface area contributed by atoms with Crippen LogP contribution in [0.3, 0.4) is 0 Å². The Bertz CT molecular complexity index is 1240. The Morgan fingerprint density at radius 2 is 1.60 bits per heavy atom. The molecule has 8 atom stereocenters. The molecule has 1 aliphatic rings. The molecule has 0 bridgehead atoms. The Labute approximate surface area is 275 Å². The van der Waals surface area contributed by atoms with E-state index in [1.54, 1.807) is 30.3 Å². The van der Waals surface area contributed by atoms with Crippen molar-refractivity contribution >= 4 is 35.7 Å². The minimum absolute atomic E-state index is 0.0855. The number of aliphatic carboxylic acids is 1. The number of carbonyl (C=O) groups excluding carboxylic acids is 5. The van der Waals surface area contributed by atoms with Crippen molar-refractivity contribution in [3.8, 4) is 0 Å². The first-order valence-corrected chi connectivity index (χ1v) is 15.1. The van der Waals surface area contributed by atoms with Gasteiger partial charge in [-0.3, -0.25) is 24.0 Å². The minimum atomic E-state index is -1.90. The number of nitrogens with one attached hydrogen (secondary N) is 5. The number of alkyl carbamates (subject to hydrolysis) is 1. The summed E-state index contributed by atoms with van der Waals surface area (Å²) in [5, 5.41) is 51.3. The number of aliphatic hydroxyl groups excluding tert-OH is 3. The van der Waals surface area contributed by atoms with E-state index < -0.39 is 97.6 Å². The molecule has 0 unspecified atom stereocenters. The topological polar surface area (TPSA) is 297 Å². The summed E-state index contributed by atoms with van der Waals surface area (Å²) < 4.78 is 15.8. The van der Waals surface area contributed by atoms with Gasteiger partial charge in [-0.15, -0.1) is 0 Å². The highest BCUT2D eigenvalue weighted by atomic mass is 16.7. The zero-order valence-corrected chi connectivity index (χ0v) is 26.5. The molecule has 19 heteroatoms. The van der Waals surface area contributed by atoms with E-state index in [1.165, 1.54) is 14.0 Å². The lowest BCUT2D eigenvalue weighted by atomic mass is 9.96. The monoisotopic (exact) mass is 684 g/mol. The lowest BCUT2D eigenvalue weighted by Crippen LogP contribution is -2.67. The fourth-order valence-corrected chi connectivity index (χ4v) is 4.51. The quantitative estimate of drug-likeness (QED) is 0.0663. The number of amides is 5. The minimum Gasteiger partial charge on any atom is -0.480 e. The summed E-state index contributed by atoms with van der Waals surface area (Å²) in [4.78, 5) is 74.2. The Morgan fingerprint density at radius 1 is 0.938 bits per heavy atom. The molecule has 1 fully saturated rings. The third-order valence-electron chi connectivity index (χ3n) is 7.15. The van der Waals surface area contributed by atoms with Gasteiger partial charge in [0.1, 0.15) is 49.5 Å². The molecule has 1 aromatic carbocycles. The number of aliphatic hydroxyl groups is 3. The molecular weight excluding hydrogens is 640 g/mol. The van der Waals surface area contributed by atoms with Crippen LogP contribution in [0.5, 0.6) is 0 Å². The largest absolute Gasteiger partial charge is 0.480 e. The average molecular weight is 685 g/mol. The molecule has 0 aliphatic carbocycles. The second-order valence-corrected chi connectivity index (χ2v) is 10.8. The van der Waals surface area contributed by atoms with Gasteiger partial charge in [-0.05, 0) is 38.3 Å². The van der Waals surface area contributed by atoms with Crippen molar-refractivity contribution in [2.45, 2.75) is 81.6 Å². The Morgan fingerprint density at radius 3 is 2.21 bits per heavy atom. The molecule has 19 nitrogen and oxygen atoms in total. The average Bonchev–Trinajstić information content (AvgIpc) is 3.07. The Balaban J connectivity index is 1.97. The van der Waals surface area contributed by atoms with Crippen LogP contribution in [0, 0.1) is 0 Å². The van der Waals surface area contributed by atoms with Gasteiger partial charge in [0.25, 0.3) is 5.91 Å². The number of hydrogen-bond donors (Lipinski definition) is 10. The number of carboxylic acids is 1. The number of carbonyl (C=O) groups is 6. The standard InChI is InChI=1S/C29H44N6O13/c1-15(24(41)34-18(13-36)26(43)33-17(10-6-7-11-30)25(42)31-12-19(37)38)32-27(44)23-22(40)21(39)20(28(46-2)48-23)35-29(45)47-14-16-8-4-3-5-9-16/h3-5,8-9,15,17-18,20-23,28,36,39-40H,6-7,10-14,30H2,1-2H3,(H,31,42)(H,32,44)(H,33,43)(H,34,41)(H,35,45)(H,37,38)/t15-,17-,18-,20+,21+,22-,23-,28+/m0/s1. The molecule has 0 saturated carbocycles. The van der Waals surface area contributed by atoms with E-state index in [0.717, 1.165) is 0 Å². The van der Waals surface area contributed by atoms with Gasteiger partial charge in [-0.2, -0.15) is 0 Å². The molecule has 11 N–H and O–H groups in total. The molecule has 0 aromatic heterocycles. The van der Waals surface area contributed by atoms with Gasteiger partial charge >= 0.3 is 12.1 Å². The number of methoxy groups -OCH3 is 1. The van der Waals surface area contributed by atoms with Crippen LogP contribution in [0.1, 0.15) is 31.7 Å². The molecule has 1 heterocycles. The summed E-state index contributed by atoms with van der Waals surface area (Å²) in [7, 11) is 1.17. The summed E-state index contributed by atoms with van der Waals surface area (Å²) in [5.41, 5.74) is 6.16. The van der Waals surface area contributed by atoms with Gasteiger partial charge in [0.05, 0.1) is 6.61 Å². The maximum atomic E-state index is 13.0. The number of hydrogen-bond acceptors (Lipinski definition) is 13. The molecule has 0 radical (unpaired) electrons. The predicted molar refractivity (Wildman–Crippen MR) is 163 cm³/mol. The first kappa shape index (κ1) is 39.8. The van der Waals surface area contributed by atoms with Gasteiger partial charge in [0.2, 0.25) is 17.7 Å². The van der Waals surface area contributed by atoms with Crippen molar-refractivity contribution < 1.29 is 63.4 Å². The zero-order chi connectivity index (χ0) is 35.8. The second kappa shape index (κ2) is 20.1. The number of rotatable bonds is 18. The summed E-state index contributed by atoms with van der Waals surface area (Å²) in [6.45, 7) is -0.150. The molecule has 1 saturated heterocycles. The smallest absolute Gasteiger partial charge is 0.407 e. The summed E-state index contributed by atoms with van der Waals surface area (Å²) >= 11 is 0. The van der Waals surface area contributed by atoms with Crippen LogP contribution < -0.4 is 32.3 Å². The number of ether oxygens (including phenoxy) is 3. The van der Waals surface area contributed by atoms with Crippen molar-refractivity contribution in [2.24, 2.45) is 5.73 Å². The maximum absolute atomic E-state index is 13.0. The van der Waals surface area contributed by atoms with E-state index in [0.29, 0.717) is 24.9 Å². The number of unbranched alkanes of at least 4 members (excludes halogenated alkanes) is 1. The van der Waals surface area contributed by atoms with E-state index in [2.05, 4.69) is 26.6 Å². The Hall–Kier alpha value is -4.40.